The summed E-state index contributed by atoms with van der Waals surface area (Å²) in [6.07, 6.45) is 0. The topological polar surface area (TPSA) is 40.6 Å². The van der Waals surface area contributed by atoms with Gasteiger partial charge in [0.25, 0.3) is 0 Å². The van der Waals surface area contributed by atoms with E-state index in [0.29, 0.717) is 31.7 Å². The Bertz CT molecular complexity index is 615. The van der Waals surface area contributed by atoms with Crippen molar-refractivity contribution in [1.29, 1.82) is 0 Å². The Morgan fingerprint density at radius 1 is 1.10 bits per heavy atom. The summed E-state index contributed by atoms with van der Waals surface area (Å²) in [4.78, 5) is 2.48. The van der Waals surface area contributed by atoms with E-state index in [1.165, 1.54) is 22.5 Å². The number of sulfonamides is 1. The molecule has 1 aliphatic rings. The third-order valence-electron chi connectivity index (χ3n) is 3.94. The van der Waals surface area contributed by atoms with Gasteiger partial charge in [0.1, 0.15) is 5.82 Å². The number of hydrogen-bond donors (Lipinski definition) is 0. The third kappa shape index (κ3) is 3.44. The predicted molar refractivity (Wildman–Crippen MR) is 81.2 cm³/mol. The summed E-state index contributed by atoms with van der Waals surface area (Å²) in [6.45, 7) is 10.4. The summed E-state index contributed by atoms with van der Waals surface area (Å²) in [7, 11) is -3.54. The van der Waals surface area contributed by atoms with Crippen LogP contribution in [-0.2, 0) is 10.0 Å². The molecule has 0 amide bonds. The van der Waals surface area contributed by atoms with Crippen LogP contribution in [0.1, 0.15) is 26.3 Å². The molecular formula is C15H23FN2O2S. The zero-order chi connectivity index (χ0) is 15.8. The Morgan fingerprint density at radius 2 is 1.67 bits per heavy atom. The Kier molecular flexibility index (Phi) is 4.42. The highest BCUT2D eigenvalue weighted by Crippen LogP contribution is 2.23. The first-order valence-corrected chi connectivity index (χ1v) is 8.58. The molecule has 1 fully saturated rings. The molecule has 6 heteroatoms. The zero-order valence-electron chi connectivity index (χ0n) is 13.1. The van der Waals surface area contributed by atoms with Gasteiger partial charge in [0.2, 0.25) is 10.0 Å². The number of benzene rings is 1. The molecule has 0 unspecified atom stereocenters. The molecule has 118 valence electrons. The maximum atomic E-state index is 13.1. The van der Waals surface area contributed by atoms with Gasteiger partial charge in [-0.15, -0.1) is 0 Å². The van der Waals surface area contributed by atoms with E-state index in [1.54, 1.807) is 6.92 Å². The molecule has 0 spiro atoms. The number of rotatable bonds is 2. The van der Waals surface area contributed by atoms with Gasteiger partial charge in [-0.2, -0.15) is 4.31 Å². The van der Waals surface area contributed by atoms with Crippen molar-refractivity contribution in [3.8, 4) is 0 Å². The van der Waals surface area contributed by atoms with Crippen LogP contribution in [0.25, 0.3) is 0 Å². The van der Waals surface area contributed by atoms with Gasteiger partial charge in [0, 0.05) is 31.7 Å². The van der Waals surface area contributed by atoms with Gasteiger partial charge in [-0.1, -0.05) is 0 Å². The molecule has 0 bridgehead atoms. The zero-order valence-corrected chi connectivity index (χ0v) is 13.9. The lowest BCUT2D eigenvalue weighted by Gasteiger charge is -2.41. The molecule has 21 heavy (non-hydrogen) atoms. The van der Waals surface area contributed by atoms with E-state index < -0.39 is 15.8 Å². The van der Waals surface area contributed by atoms with Crippen molar-refractivity contribution in [2.24, 2.45) is 0 Å². The van der Waals surface area contributed by atoms with Crippen LogP contribution in [0.15, 0.2) is 23.1 Å². The summed E-state index contributed by atoms with van der Waals surface area (Å²) >= 11 is 0. The van der Waals surface area contributed by atoms with Gasteiger partial charge in [-0.05, 0) is 51.5 Å². The summed E-state index contributed by atoms with van der Waals surface area (Å²) in [5, 5.41) is 0. The van der Waals surface area contributed by atoms with Crippen LogP contribution in [-0.4, -0.2) is 49.3 Å². The van der Waals surface area contributed by atoms with Gasteiger partial charge in [0.15, 0.2) is 0 Å². The average Bonchev–Trinajstić information content (AvgIpc) is 2.37. The minimum Gasteiger partial charge on any atom is -0.296 e. The standard InChI is InChI=1S/C15H23FN2O2S/c1-12-11-13(16)5-6-14(12)21(19,20)18-9-7-17(8-10-18)15(2,3)4/h5-6,11H,7-10H2,1-4H3. The van der Waals surface area contributed by atoms with Crippen LogP contribution in [0.5, 0.6) is 0 Å². The molecule has 0 atom stereocenters. The first kappa shape index (κ1) is 16.4. The molecule has 0 radical (unpaired) electrons. The summed E-state index contributed by atoms with van der Waals surface area (Å²) in [5.74, 6) is -0.413. The van der Waals surface area contributed by atoms with Gasteiger partial charge < -0.3 is 0 Å². The molecule has 0 N–H and O–H groups in total. The van der Waals surface area contributed by atoms with Crippen molar-refractivity contribution in [1.82, 2.24) is 9.21 Å². The van der Waals surface area contributed by atoms with Gasteiger partial charge >= 0.3 is 0 Å². The van der Waals surface area contributed by atoms with Gasteiger partial charge in [-0.3, -0.25) is 4.90 Å². The quantitative estimate of drug-likeness (QED) is 0.840. The minimum absolute atomic E-state index is 0.0433. The fourth-order valence-corrected chi connectivity index (χ4v) is 4.27. The van der Waals surface area contributed by atoms with Crippen molar-refractivity contribution in [2.45, 2.75) is 38.1 Å². The smallest absolute Gasteiger partial charge is 0.243 e. The lowest BCUT2D eigenvalue weighted by molar-refractivity contribution is 0.0921. The van der Waals surface area contributed by atoms with E-state index in [1.807, 2.05) is 0 Å². The average molecular weight is 314 g/mol. The van der Waals surface area contributed by atoms with Crippen LogP contribution in [0.2, 0.25) is 0 Å². The van der Waals surface area contributed by atoms with Gasteiger partial charge in [0.05, 0.1) is 4.90 Å². The second-order valence-corrected chi connectivity index (χ2v) is 8.38. The Hall–Kier alpha value is -0.980. The molecule has 1 aromatic rings. The number of nitrogens with zero attached hydrogens (tertiary/aromatic N) is 2. The molecule has 1 heterocycles. The van der Waals surface area contributed by atoms with Crippen molar-refractivity contribution < 1.29 is 12.8 Å². The summed E-state index contributed by atoms with van der Waals surface area (Å²) < 4.78 is 40.0. The number of hydrogen-bond acceptors (Lipinski definition) is 3. The Balaban J connectivity index is 2.19. The van der Waals surface area contributed by atoms with Crippen LogP contribution in [0, 0.1) is 12.7 Å². The largest absolute Gasteiger partial charge is 0.296 e. The highest BCUT2D eigenvalue weighted by atomic mass is 32.2. The summed E-state index contributed by atoms with van der Waals surface area (Å²) in [6, 6.07) is 3.82. The van der Waals surface area contributed by atoms with E-state index in [-0.39, 0.29) is 10.4 Å². The SMILES string of the molecule is Cc1cc(F)ccc1S(=O)(=O)N1CCN(C(C)(C)C)CC1. The third-order valence-corrected chi connectivity index (χ3v) is 6.00. The number of halogens is 1. The van der Waals surface area contributed by atoms with Crippen LogP contribution < -0.4 is 0 Å². The van der Waals surface area contributed by atoms with Crippen molar-refractivity contribution >= 4 is 10.0 Å². The lowest BCUT2D eigenvalue weighted by Crippen LogP contribution is -2.54. The van der Waals surface area contributed by atoms with E-state index in [4.69, 9.17) is 0 Å². The molecule has 0 aromatic heterocycles. The molecular weight excluding hydrogens is 291 g/mol. The van der Waals surface area contributed by atoms with E-state index >= 15 is 0 Å². The second kappa shape index (κ2) is 5.66. The molecule has 1 aliphatic heterocycles. The maximum Gasteiger partial charge on any atom is 0.243 e. The first-order chi connectivity index (χ1) is 9.62. The maximum absolute atomic E-state index is 13.1. The molecule has 0 saturated carbocycles. The fourth-order valence-electron chi connectivity index (χ4n) is 2.64. The second-order valence-electron chi connectivity index (χ2n) is 6.47. The highest BCUT2D eigenvalue weighted by molar-refractivity contribution is 7.89. The van der Waals surface area contributed by atoms with Crippen LogP contribution in [0.3, 0.4) is 0 Å². The molecule has 4 nitrogen and oxygen atoms in total. The normalized spacial score (nSPS) is 18.9. The number of aryl methyl sites for hydroxylation is 1. The Labute approximate surface area is 126 Å². The minimum atomic E-state index is -3.54. The highest BCUT2D eigenvalue weighted by Gasteiger charge is 2.32. The van der Waals surface area contributed by atoms with E-state index in [0.717, 1.165) is 0 Å². The van der Waals surface area contributed by atoms with Crippen molar-refractivity contribution in [2.75, 3.05) is 26.2 Å². The van der Waals surface area contributed by atoms with E-state index in [9.17, 15) is 12.8 Å². The fraction of sp³-hybridized carbons (Fsp3) is 0.600. The predicted octanol–water partition coefficient (Wildman–Crippen LogP) is 2.24. The first-order valence-electron chi connectivity index (χ1n) is 7.14. The molecule has 2 rings (SSSR count). The van der Waals surface area contributed by atoms with Crippen molar-refractivity contribution in [3.63, 3.8) is 0 Å². The molecule has 1 saturated heterocycles. The Morgan fingerprint density at radius 3 is 2.14 bits per heavy atom. The van der Waals surface area contributed by atoms with Crippen molar-refractivity contribution in [3.05, 3.63) is 29.6 Å². The number of piperazine rings is 1. The van der Waals surface area contributed by atoms with Crippen LogP contribution in [0.4, 0.5) is 4.39 Å². The summed E-state index contributed by atoms with van der Waals surface area (Å²) in [5.41, 5.74) is 0.495. The lowest BCUT2D eigenvalue weighted by atomic mass is 10.1. The molecule has 1 aromatic carbocycles. The molecule has 0 aliphatic carbocycles. The monoisotopic (exact) mass is 314 g/mol. The van der Waals surface area contributed by atoms with E-state index in [2.05, 4.69) is 25.7 Å². The van der Waals surface area contributed by atoms with Crippen LogP contribution >= 0.6 is 0 Å². The van der Waals surface area contributed by atoms with Gasteiger partial charge in [-0.25, -0.2) is 12.8 Å².